The first-order valence-corrected chi connectivity index (χ1v) is 5.68. The van der Waals surface area contributed by atoms with Crippen molar-refractivity contribution in [3.05, 3.63) is 28.8 Å². The molecule has 0 bridgehead atoms. The molecule has 0 unspecified atom stereocenters. The van der Waals surface area contributed by atoms with Crippen LogP contribution in [0.1, 0.15) is 19.4 Å². The molecule has 0 radical (unpaired) electrons. The van der Waals surface area contributed by atoms with Crippen molar-refractivity contribution in [1.29, 1.82) is 5.26 Å². The number of nitrogens with zero attached hydrogens (tertiary/aromatic N) is 1. The van der Waals surface area contributed by atoms with Crippen molar-refractivity contribution < 1.29 is 0 Å². The van der Waals surface area contributed by atoms with Gasteiger partial charge in [0.1, 0.15) is 6.07 Å². The van der Waals surface area contributed by atoms with Crippen molar-refractivity contribution in [3.63, 3.8) is 0 Å². The van der Waals surface area contributed by atoms with Gasteiger partial charge < -0.3 is 10.6 Å². The largest absolute Gasteiger partial charge is 0.383 e. The minimum atomic E-state index is 0.469. The van der Waals surface area contributed by atoms with Gasteiger partial charge in [0.25, 0.3) is 0 Å². The van der Waals surface area contributed by atoms with E-state index in [-0.39, 0.29) is 0 Å². The van der Waals surface area contributed by atoms with E-state index in [1.807, 2.05) is 0 Å². The van der Waals surface area contributed by atoms with Crippen molar-refractivity contribution in [2.75, 3.05) is 18.4 Å². The standard InChI is InChI=1S/C12H16ClN3/c1-9(2)15-5-6-16-12-7-11(13)4-3-10(12)8-14/h3-4,7,9,15-16H,5-6H2,1-2H3. The van der Waals surface area contributed by atoms with Gasteiger partial charge >= 0.3 is 0 Å². The summed E-state index contributed by atoms with van der Waals surface area (Å²) in [6, 6.07) is 7.82. The molecule has 0 aliphatic heterocycles. The average Bonchev–Trinajstić information content (AvgIpc) is 2.24. The van der Waals surface area contributed by atoms with Gasteiger partial charge in [-0.05, 0) is 18.2 Å². The van der Waals surface area contributed by atoms with Crippen molar-refractivity contribution in [2.45, 2.75) is 19.9 Å². The van der Waals surface area contributed by atoms with Crippen molar-refractivity contribution in [1.82, 2.24) is 5.32 Å². The third kappa shape index (κ3) is 4.09. The maximum absolute atomic E-state index is 8.91. The molecule has 0 saturated carbocycles. The summed E-state index contributed by atoms with van der Waals surface area (Å²) in [5.41, 5.74) is 1.41. The molecule has 0 fully saturated rings. The molecule has 1 rings (SSSR count). The third-order valence-electron chi connectivity index (χ3n) is 2.10. The number of anilines is 1. The molecule has 1 aromatic rings. The molecule has 0 aliphatic rings. The molecular weight excluding hydrogens is 222 g/mol. The number of nitrogens with one attached hydrogen (secondary N) is 2. The Hall–Kier alpha value is -1.24. The summed E-state index contributed by atoms with van der Waals surface area (Å²) in [7, 11) is 0. The quantitative estimate of drug-likeness (QED) is 0.774. The highest BCUT2D eigenvalue weighted by atomic mass is 35.5. The lowest BCUT2D eigenvalue weighted by molar-refractivity contribution is 0.602. The lowest BCUT2D eigenvalue weighted by Gasteiger charge is -2.11. The molecule has 1 aromatic carbocycles. The van der Waals surface area contributed by atoms with Gasteiger partial charge in [-0.25, -0.2) is 0 Å². The first-order chi connectivity index (χ1) is 7.63. The minimum Gasteiger partial charge on any atom is -0.383 e. The Kier molecular flexibility index (Phi) is 5.10. The van der Waals surface area contributed by atoms with Gasteiger partial charge in [0, 0.05) is 24.2 Å². The molecule has 86 valence electrons. The van der Waals surface area contributed by atoms with Crippen LogP contribution in [0, 0.1) is 11.3 Å². The molecular formula is C12H16ClN3. The molecule has 0 aliphatic carbocycles. The van der Waals surface area contributed by atoms with Gasteiger partial charge in [-0.2, -0.15) is 5.26 Å². The maximum atomic E-state index is 8.91. The van der Waals surface area contributed by atoms with Crippen LogP contribution in [-0.4, -0.2) is 19.1 Å². The monoisotopic (exact) mass is 237 g/mol. The van der Waals surface area contributed by atoms with Crippen molar-refractivity contribution >= 4 is 17.3 Å². The normalized spacial score (nSPS) is 10.2. The van der Waals surface area contributed by atoms with E-state index in [0.29, 0.717) is 16.6 Å². The maximum Gasteiger partial charge on any atom is 0.101 e. The molecule has 0 spiro atoms. The Balaban J connectivity index is 2.53. The Labute approximate surface area is 101 Å². The lowest BCUT2D eigenvalue weighted by atomic mass is 10.2. The van der Waals surface area contributed by atoms with Gasteiger partial charge in [-0.1, -0.05) is 25.4 Å². The first kappa shape index (κ1) is 12.8. The Morgan fingerprint density at radius 2 is 2.12 bits per heavy atom. The molecule has 0 atom stereocenters. The Bertz CT molecular complexity index is 382. The van der Waals surface area contributed by atoms with E-state index in [2.05, 4.69) is 30.6 Å². The summed E-state index contributed by atoms with van der Waals surface area (Å²) in [6.07, 6.45) is 0. The molecule has 2 N–H and O–H groups in total. The summed E-state index contributed by atoms with van der Waals surface area (Å²) in [6.45, 7) is 5.82. The van der Waals surface area contributed by atoms with Crippen LogP contribution in [0.2, 0.25) is 5.02 Å². The zero-order valence-electron chi connectivity index (χ0n) is 9.55. The van der Waals surface area contributed by atoms with Crippen LogP contribution in [0.3, 0.4) is 0 Å². The van der Waals surface area contributed by atoms with Crippen LogP contribution in [0.5, 0.6) is 0 Å². The van der Waals surface area contributed by atoms with Crippen LogP contribution < -0.4 is 10.6 Å². The van der Waals surface area contributed by atoms with Gasteiger partial charge in [0.15, 0.2) is 0 Å². The van der Waals surface area contributed by atoms with Crippen LogP contribution in [0.4, 0.5) is 5.69 Å². The fourth-order valence-corrected chi connectivity index (χ4v) is 1.49. The Morgan fingerprint density at radius 1 is 1.38 bits per heavy atom. The topological polar surface area (TPSA) is 47.8 Å². The molecule has 16 heavy (non-hydrogen) atoms. The number of nitriles is 1. The highest BCUT2D eigenvalue weighted by Crippen LogP contribution is 2.19. The fraction of sp³-hybridized carbons (Fsp3) is 0.417. The van der Waals surface area contributed by atoms with E-state index in [9.17, 15) is 0 Å². The zero-order chi connectivity index (χ0) is 12.0. The molecule has 0 amide bonds. The van der Waals surface area contributed by atoms with E-state index in [4.69, 9.17) is 16.9 Å². The van der Waals surface area contributed by atoms with Crippen LogP contribution >= 0.6 is 11.6 Å². The Morgan fingerprint density at radius 3 is 2.75 bits per heavy atom. The van der Waals surface area contributed by atoms with E-state index in [1.54, 1.807) is 18.2 Å². The second-order valence-corrected chi connectivity index (χ2v) is 4.27. The molecule has 3 nitrogen and oxygen atoms in total. The smallest absolute Gasteiger partial charge is 0.101 e. The minimum absolute atomic E-state index is 0.469. The number of rotatable bonds is 5. The van der Waals surface area contributed by atoms with Crippen LogP contribution in [0.25, 0.3) is 0 Å². The third-order valence-corrected chi connectivity index (χ3v) is 2.33. The first-order valence-electron chi connectivity index (χ1n) is 5.30. The number of hydrogen-bond donors (Lipinski definition) is 2. The second kappa shape index (κ2) is 6.37. The molecule has 0 aromatic heterocycles. The van der Waals surface area contributed by atoms with E-state index >= 15 is 0 Å². The van der Waals surface area contributed by atoms with Gasteiger partial charge in [0.05, 0.1) is 11.3 Å². The molecule has 4 heteroatoms. The van der Waals surface area contributed by atoms with Crippen molar-refractivity contribution in [3.8, 4) is 6.07 Å². The highest BCUT2D eigenvalue weighted by Gasteiger charge is 2.01. The van der Waals surface area contributed by atoms with E-state index in [1.165, 1.54) is 0 Å². The van der Waals surface area contributed by atoms with Crippen molar-refractivity contribution in [2.24, 2.45) is 0 Å². The van der Waals surface area contributed by atoms with Gasteiger partial charge in [-0.15, -0.1) is 0 Å². The fourth-order valence-electron chi connectivity index (χ4n) is 1.32. The summed E-state index contributed by atoms with van der Waals surface area (Å²) in [4.78, 5) is 0. The molecule has 0 heterocycles. The number of benzene rings is 1. The van der Waals surface area contributed by atoms with E-state index < -0.39 is 0 Å². The SMILES string of the molecule is CC(C)NCCNc1cc(Cl)ccc1C#N. The zero-order valence-corrected chi connectivity index (χ0v) is 10.3. The molecule has 0 saturated heterocycles. The average molecular weight is 238 g/mol. The summed E-state index contributed by atoms with van der Waals surface area (Å²) < 4.78 is 0. The predicted octanol–water partition coefficient (Wildman–Crippen LogP) is 2.62. The summed E-state index contributed by atoms with van der Waals surface area (Å²) in [5.74, 6) is 0. The van der Waals surface area contributed by atoms with Gasteiger partial charge in [0.2, 0.25) is 0 Å². The number of hydrogen-bond acceptors (Lipinski definition) is 3. The second-order valence-electron chi connectivity index (χ2n) is 3.84. The summed E-state index contributed by atoms with van der Waals surface area (Å²) in [5, 5.41) is 16.0. The van der Waals surface area contributed by atoms with Crippen LogP contribution in [-0.2, 0) is 0 Å². The summed E-state index contributed by atoms with van der Waals surface area (Å²) >= 11 is 5.87. The lowest BCUT2D eigenvalue weighted by Crippen LogP contribution is -2.28. The highest BCUT2D eigenvalue weighted by molar-refractivity contribution is 6.30. The van der Waals surface area contributed by atoms with Crippen LogP contribution in [0.15, 0.2) is 18.2 Å². The number of halogens is 1. The van der Waals surface area contributed by atoms with Gasteiger partial charge in [-0.3, -0.25) is 0 Å². The predicted molar refractivity (Wildman–Crippen MR) is 67.8 cm³/mol. The van der Waals surface area contributed by atoms with E-state index in [0.717, 1.165) is 18.8 Å².